The second-order valence-electron chi connectivity index (χ2n) is 4.21. The average Bonchev–Trinajstić information content (AvgIpc) is 2.44. The highest BCUT2D eigenvalue weighted by atomic mass is 16.5. The molecule has 104 valence electrons. The van der Waals surface area contributed by atoms with Crippen molar-refractivity contribution in [1.82, 2.24) is 0 Å². The second-order valence-corrected chi connectivity index (χ2v) is 4.21. The Balaban J connectivity index is 2.33. The van der Waals surface area contributed by atoms with E-state index in [0.29, 0.717) is 17.0 Å². The van der Waals surface area contributed by atoms with Gasteiger partial charge in [-0.1, -0.05) is 24.3 Å². The molecule has 0 fully saturated rings. The lowest BCUT2D eigenvalue weighted by molar-refractivity contribution is -0.138. The maximum absolute atomic E-state index is 11.4. The third-order valence-electron chi connectivity index (χ3n) is 2.86. The van der Waals surface area contributed by atoms with Crippen molar-refractivity contribution in [3.8, 4) is 11.5 Å². The summed E-state index contributed by atoms with van der Waals surface area (Å²) in [5, 5.41) is 21.7. The summed E-state index contributed by atoms with van der Waals surface area (Å²) in [5.41, 5.74) is 1.04. The van der Waals surface area contributed by atoms with Gasteiger partial charge < -0.3 is 20.3 Å². The van der Waals surface area contributed by atoms with Crippen LogP contribution in [0.1, 0.15) is 11.6 Å². The van der Waals surface area contributed by atoms with E-state index in [2.05, 4.69) is 5.32 Å². The average molecular weight is 273 g/mol. The van der Waals surface area contributed by atoms with Gasteiger partial charge in [0.2, 0.25) is 0 Å². The van der Waals surface area contributed by atoms with Crippen LogP contribution in [0.15, 0.2) is 48.5 Å². The predicted octanol–water partition coefficient (Wildman–Crippen LogP) is 2.64. The minimum Gasteiger partial charge on any atom is -0.508 e. The molecule has 2 aromatic rings. The van der Waals surface area contributed by atoms with Crippen molar-refractivity contribution in [2.24, 2.45) is 0 Å². The Morgan fingerprint density at radius 3 is 2.60 bits per heavy atom. The summed E-state index contributed by atoms with van der Waals surface area (Å²) in [5.74, 6) is -0.462. The number of aliphatic carboxylic acids is 1. The Hall–Kier alpha value is -2.69. The smallest absolute Gasteiger partial charge is 0.330 e. The molecule has 0 amide bonds. The molecule has 0 saturated heterocycles. The Bertz CT molecular complexity index is 612. The number of carboxylic acids is 1. The van der Waals surface area contributed by atoms with Gasteiger partial charge in [-0.25, -0.2) is 4.79 Å². The number of rotatable bonds is 5. The minimum atomic E-state index is -1.04. The van der Waals surface area contributed by atoms with Gasteiger partial charge in [-0.3, -0.25) is 0 Å². The summed E-state index contributed by atoms with van der Waals surface area (Å²) in [6.45, 7) is 0. The molecule has 0 radical (unpaired) electrons. The van der Waals surface area contributed by atoms with E-state index in [9.17, 15) is 15.0 Å². The number of anilines is 1. The van der Waals surface area contributed by atoms with E-state index in [0.717, 1.165) is 0 Å². The largest absolute Gasteiger partial charge is 0.508 e. The zero-order valence-electron chi connectivity index (χ0n) is 10.9. The molecular formula is C15H15NO4. The third-order valence-corrected chi connectivity index (χ3v) is 2.86. The molecule has 1 atom stereocenters. The molecule has 1 unspecified atom stereocenters. The van der Waals surface area contributed by atoms with Crippen molar-refractivity contribution < 1.29 is 19.7 Å². The van der Waals surface area contributed by atoms with E-state index >= 15 is 0 Å². The maximum atomic E-state index is 11.4. The van der Waals surface area contributed by atoms with Crippen LogP contribution in [0, 0.1) is 0 Å². The molecule has 2 aromatic carbocycles. The van der Waals surface area contributed by atoms with Crippen molar-refractivity contribution in [3.63, 3.8) is 0 Å². The summed E-state index contributed by atoms with van der Waals surface area (Å²) in [6.07, 6.45) is 0. The summed E-state index contributed by atoms with van der Waals surface area (Å²) >= 11 is 0. The van der Waals surface area contributed by atoms with Crippen LogP contribution in [0.2, 0.25) is 0 Å². The maximum Gasteiger partial charge on any atom is 0.330 e. The highest BCUT2D eigenvalue weighted by Crippen LogP contribution is 2.29. The van der Waals surface area contributed by atoms with Crippen molar-refractivity contribution >= 4 is 11.7 Å². The van der Waals surface area contributed by atoms with Crippen LogP contribution >= 0.6 is 0 Å². The number of aromatic hydroxyl groups is 1. The van der Waals surface area contributed by atoms with Crippen molar-refractivity contribution in [2.45, 2.75) is 6.04 Å². The fourth-order valence-corrected chi connectivity index (χ4v) is 1.91. The molecular weight excluding hydrogens is 258 g/mol. The lowest BCUT2D eigenvalue weighted by Crippen LogP contribution is -2.20. The van der Waals surface area contributed by atoms with Crippen molar-refractivity contribution in [2.75, 3.05) is 12.4 Å². The van der Waals surface area contributed by atoms with Gasteiger partial charge in [-0.05, 0) is 29.8 Å². The Morgan fingerprint density at radius 2 is 1.95 bits per heavy atom. The lowest BCUT2D eigenvalue weighted by Gasteiger charge is -2.18. The number of phenolic OH excluding ortho intramolecular Hbond substituents is 1. The number of phenols is 1. The molecule has 0 spiro atoms. The molecule has 20 heavy (non-hydrogen) atoms. The zero-order chi connectivity index (χ0) is 14.5. The summed E-state index contributed by atoms with van der Waals surface area (Å²) in [4.78, 5) is 11.4. The van der Waals surface area contributed by atoms with E-state index in [-0.39, 0.29) is 5.75 Å². The first-order valence-corrected chi connectivity index (χ1v) is 6.03. The first-order valence-electron chi connectivity index (χ1n) is 6.03. The molecule has 0 bridgehead atoms. The zero-order valence-corrected chi connectivity index (χ0v) is 10.9. The van der Waals surface area contributed by atoms with Gasteiger partial charge in [0, 0.05) is 0 Å². The van der Waals surface area contributed by atoms with Gasteiger partial charge in [0.1, 0.15) is 11.5 Å². The van der Waals surface area contributed by atoms with E-state index in [1.807, 2.05) is 0 Å². The van der Waals surface area contributed by atoms with Gasteiger partial charge in [-0.2, -0.15) is 0 Å². The van der Waals surface area contributed by atoms with E-state index in [4.69, 9.17) is 4.74 Å². The predicted molar refractivity (Wildman–Crippen MR) is 75.1 cm³/mol. The molecule has 0 aliphatic heterocycles. The Kier molecular flexibility index (Phi) is 4.10. The Morgan fingerprint density at radius 1 is 1.20 bits per heavy atom. The number of ether oxygens (including phenoxy) is 1. The van der Waals surface area contributed by atoms with Gasteiger partial charge >= 0.3 is 5.97 Å². The number of hydrogen-bond donors (Lipinski definition) is 3. The number of para-hydroxylation sites is 2. The van der Waals surface area contributed by atoms with Crippen LogP contribution in [0.4, 0.5) is 5.69 Å². The molecule has 0 heterocycles. The summed E-state index contributed by atoms with van der Waals surface area (Å²) in [6, 6.07) is 12.2. The third kappa shape index (κ3) is 3.00. The van der Waals surface area contributed by atoms with Gasteiger partial charge in [0.25, 0.3) is 0 Å². The van der Waals surface area contributed by atoms with Crippen LogP contribution in [0.5, 0.6) is 11.5 Å². The fourth-order valence-electron chi connectivity index (χ4n) is 1.91. The van der Waals surface area contributed by atoms with Crippen LogP contribution in [0.25, 0.3) is 0 Å². The van der Waals surface area contributed by atoms with E-state index < -0.39 is 12.0 Å². The molecule has 3 N–H and O–H groups in total. The quantitative estimate of drug-likeness (QED) is 0.780. The molecule has 0 aliphatic rings. The van der Waals surface area contributed by atoms with Crippen LogP contribution in [0.3, 0.4) is 0 Å². The van der Waals surface area contributed by atoms with E-state index in [1.54, 1.807) is 36.4 Å². The number of methoxy groups -OCH3 is 1. The number of carbonyl (C=O) groups is 1. The minimum absolute atomic E-state index is 0.0237. The van der Waals surface area contributed by atoms with Crippen LogP contribution in [-0.2, 0) is 4.79 Å². The number of nitrogens with one attached hydrogen (secondary N) is 1. The van der Waals surface area contributed by atoms with Gasteiger partial charge in [0.05, 0.1) is 12.8 Å². The molecule has 2 rings (SSSR count). The summed E-state index contributed by atoms with van der Waals surface area (Å²) in [7, 11) is 1.52. The number of benzene rings is 2. The number of carboxylic acid groups (broad SMARTS) is 1. The monoisotopic (exact) mass is 273 g/mol. The molecule has 0 saturated carbocycles. The van der Waals surface area contributed by atoms with Gasteiger partial charge in [0.15, 0.2) is 6.04 Å². The molecule has 0 aliphatic carbocycles. The first kappa shape index (κ1) is 13.7. The fraction of sp³-hybridized carbons (Fsp3) is 0.133. The topological polar surface area (TPSA) is 78.8 Å². The summed E-state index contributed by atoms with van der Waals surface area (Å²) < 4.78 is 5.18. The molecule has 5 heteroatoms. The lowest BCUT2D eigenvalue weighted by atomic mass is 10.1. The first-order chi connectivity index (χ1) is 9.61. The van der Waals surface area contributed by atoms with E-state index in [1.165, 1.54) is 19.2 Å². The SMILES string of the molecule is COc1ccccc1NC(C(=O)O)c1cccc(O)c1. The highest BCUT2D eigenvalue weighted by molar-refractivity contribution is 5.80. The number of hydrogen-bond acceptors (Lipinski definition) is 4. The van der Waals surface area contributed by atoms with Crippen molar-refractivity contribution in [1.29, 1.82) is 0 Å². The molecule has 5 nitrogen and oxygen atoms in total. The highest BCUT2D eigenvalue weighted by Gasteiger charge is 2.21. The molecule has 0 aromatic heterocycles. The van der Waals surface area contributed by atoms with Crippen molar-refractivity contribution in [3.05, 3.63) is 54.1 Å². The van der Waals surface area contributed by atoms with Crippen LogP contribution < -0.4 is 10.1 Å². The van der Waals surface area contributed by atoms with Crippen LogP contribution in [-0.4, -0.2) is 23.3 Å². The Labute approximate surface area is 116 Å². The normalized spacial score (nSPS) is 11.7. The van der Waals surface area contributed by atoms with Gasteiger partial charge in [-0.15, -0.1) is 0 Å². The second kappa shape index (κ2) is 5.97. The standard InChI is InChI=1S/C15H15NO4/c1-20-13-8-3-2-7-12(13)16-14(15(18)19)10-5-4-6-11(17)9-10/h2-9,14,16-17H,1H3,(H,18,19).